The Bertz CT molecular complexity index is 547. The zero-order chi connectivity index (χ0) is 13.0. The van der Waals surface area contributed by atoms with Crippen LogP contribution in [0.1, 0.15) is 17.4 Å². The number of carbonyl (C=O) groups is 1. The molecular weight excluding hydrogens is 234 g/mol. The molecule has 0 amide bonds. The summed E-state index contributed by atoms with van der Waals surface area (Å²) in [4.78, 5) is 14.5. The molecule has 5 nitrogen and oxygen atoms in total. The third-order valence-electron chi connectivity index (χ3n) is 2.45. The van der Waals surface area contributed by atoms with Gasteiger partial charge in [-0.3, -0.25) is 0 Å². The Morgan fingerprint density at radius 2 is 2.22 bits per heavy atom. The Morgan fingerprint density at radius 1 is 1.39 bits per heavy atom. The van der Waals surface area contributed by atoms with Crippen molar-refractivity contribution in [2.24, 2.45) is 0 Å². The maximum atomic E-state index is 11.6. The van der Waals surface area contributed by atoms with E-state index >= 15 is 0 Å². The van der Waals surface area contributed by atoms with Gasteiger partial charge in [-0.05, 0) is 31.2 Å². The van der Waals surface area contributed by atoms with Crippen LogP contribution in [-0.2, 0) is 4.74 Å². The summed E-state index contributed by atoms with van der Waals surface area (Å²) in [5.74, 6) is 0.289. The highest BCUT2D eigenvalue weighted by Gasteiger charge is 2.10. The fourth-order valence-electron chi connectivity index (χ4n) is 1.68. The highest BCUT2D eigenvalue weighted by Crippen LogP contribution is 2.22. The molecule has 2 aromatic rings. The molecule has 0 aliphatic rings. The number of nitrogens with one attached hydrogen (secondary N) is 1. The van der Waals surface area contributed by atoms with Gasteiger partial charge >= 0.3 is 5.97 Å². The van der Waals surface area contributed by atoms with Crippen molar-refractivity contribution in [3.63, 3.8) is 0 Å². The van der Waals surface area contributed by atoms with Gasteiger partial charge in [0.05, 0.1) is 13.2 Å². The van der Waals surface area contributed by atoms with Gasteiger partial charge in [-0.2, -0.15) is 0 Å². The van der Waals surface area contributed by atoms with E-state index < -0.39 is 0 Å². The van der Waals surface area contributed by atoms with E-state index in [-0.39, 0.29) is 19.2 Å². The third-order valence-corrected chi connectivity index (χ3v) is 2.45. The maximum absolute atomic E-state index is 11.6. The lowest BCUT2D eigenvalue weighted by atomic mass is 10.2. The summed E-state index contributed by atoms with van der Waals surface area (Å²) in [6.45, 7) is 2.33. The molecule has 1 aromatic heterocycles. The van der Waals surface area contributed by atoms with E-state index in [0.717, 1.165) is 10.9 Å². The van der Waals surface area contributed by atoms with Gasteiger partial charge in [0.25, 0.3) is 0 Å². The number of rotatable bonds is 5. The molecule has 18 heavy (non-hydrogen) atoms. The molecule has 2 N–H and O–H groups in total. The molecule has 0 bridgehead atoms. The van der Waals surface area contributed by atoms with E-state index in [1.807, 2.05) is 12.1 Å². The average molecular weight is 249 g/mol. The first kappa shape index (κ1) is 12.4. The van der Waals surface area contributed by atoms with Crippen molar-refractivity contribution in [2.45, 2.75) is 6.92 Å². The number of hydrogen-bond donors (Lipinski definition) is 2. The predicted molar refractivity (Wildman–Crippen MR) is 66.8 cm³/mol. The number of carbonyl (C=O) groups excluding carboxylic acids is 1. The van der Waals surface area contributed by atoms with E-state index in [1.54, 1.807) is 19.1 Å². The van der Waals surface area contributed by atoms with E-state index in [9.17, 15) is 4.79 Å². The average Bonchev–Trinajstić information content (AvgIpc) is 2.79. The molecule has 0 aliphatic heterocycles. The van der Waals surface area contributed by atoms with Crippen LogP contribution in [0.3, 0.4) is 0 Å². The minimum Gasteiger partial charge on any atom is -0.491 e. The minimum atomic E-state index is -0.369. The Morgan fingerprint density at radius 3 is 2.94 bits per heavy atom. The number of ether oxygens (including phenoxy) is 2. The van der Waals surface area contributed by atoms with Gasteiger partial charge in [0.1, 0.15) is 18.1 Å². The van der Waals surface area contributed by atoms with Gasteiger partial charge in [0.15, 0.2) is 0 Å². The SMILES string of the molecule is CCOC(=O)c1cc2cc(OCCO)ccc2[nH]1. The largest absolute Gasteiger partial charge is 0.491 e. The number of benzene rings is 1. The number of H-pyrrole nitrogens is 1. The first-order valence-electron chi connectivity index (χ1n) is 5.78. The highest BCUT2D eigenvalue weighted by atomic mass is 16.5. The molecule has 0 atom stereocenters. The van der Waals surface area contributed by atoms with Crippen molar-refractivity contribution in [3.05, 3.63) is 30.0 Å². The number of aliphatic hydroxyl groups excluding tert-OH is 1. The van der Waals surface area contributed by atoms with Gasteiger partial charge in [-0.1, -0.05) is 0 Å². The molecule has 5 heteroatoms. The zero-order valence-corrected chi connectivity index (χ0v) is 10.1. The van der Waals surface area contributed by atoms with Crippen molar-refractivity contribution >= 4 is 16.9 Å². The van der Waals surface area contributed by atoms with Crippen LogP contribution in [0.15, 0.2) is 24.3 Å². The van der Waals surface area contributed by atoms with Crippen LogP contribution in [0.5, 0.6) is 5.75 Å². The summed E-state index contributed by atoms with van der Waals surface area (Å²) in [6, 6.07) is 7.14. The molecule has 1 heterocycles. The molecule has 0 spiro atoms. The van der Waals surface area contributed by atoms with Crippen LogP contribution >= 0.6 is 0 Å². The van der Waals surface area contributed by atoms with Crippen LogP contribution in [0.25, 0.3) is 10.9 Å². The van der Waals surface area contributed by atoms with E-state index in [2.05, 4.69) is 4.98 Å². The second kappa shape index (κ2) is 5.55. The molecule has 0 fully saturated rings. The molecule has 0 unspecified atom stereocenters. The van der Waals surface area contributed by atoms with Crippen molar-refractivity contribution in [2.75, 3.05) is 19.8 Å². The van der Waals surface area contributed by atoms with Crippen LogP contribution < -0.4 is 4.74 Å². The normalized spacial score (nSPS) is 10.6. The predicted octanol–water partition coefficient (Wildman–Crippen LogP) is 1.72. The first-order valence-corrected chi connectivity index (χ1v) is 5.78. The summed E-state index contributed by atoms with van der Waals surface area (Å²) < 4.78 is 10.2. The molecule has 1 aromatic carbocycles. The Kier molecular flexibility index (Phi) is 3.84. The lowest BCUT2D eigenvalue weighted by Gasteiger charge is -2.03. The van der Waals surface area contributed by atoms with E-state index in [0.29, 0.717) is 18.1 Å². The standard InChI is InChI=1S/C13H15NO4/c1-2-17-13(16)12-8-9-7-10(18-6-5-15)3-4-11(9)14-12/h3-4,7-8,14-15H,2,5-6H2,1H3. The van der Waals surface area contributed by atoms with Gasteiger partial charge in [0, 0.05) is 10.9 Å². The summed E-state index contributed by atoms with van der Waals surface area (Å²) in [6.07, 6.45) is 0. The van der Waals surface area contributed by atoms with Crippen LogP contribution in [0.2, 0.25) is 0 Å². The van der Waals surface area contributed by atoms with Gasteiger partial charge < -0.3 is 19.6 Å². The molecule has 96 valence electrons. The molecule has 0 radical (unpaired) electrons. The monoisotopic (exact) mass is 249 g/mol. The fourth-order valence-corrected chi connectivity index (χ4v) is 1.68. The number of esters is 1. The van der Waals surface area contributed by atoms with E-state index in [4.69, 9.17) is 14.6 Å². The second-order valence-corrected chi connectivity index (χ2v) is 3.72. The van der Waals surface area contributed by atoms with E-state index in [1.165, 1.54) is 0 Å². The fraction of sp³-hybridized carbons (Fsp3) is 0.308. The van der Waals surface area contributed by atoms with Crippen molar-refractivity contribution in [1.82, 2.24) is 4.98 Å². The Labute approximate surface area is 104 Å². The Hall–Kier alpha value is -2.01. The van der Waals surface area contributed by atoms with Gasteiger partial charge in [0.2, 0.25) is 0 Å². The first-order chi connectivity index (χ1) is 8.74. The minimum absolute atomic E-state index is 0.0285. The lowest BCUT2D eigenvalue weighted by Crippen LogP contribution is -2.04. The quantitative estimate of drug-likeness (QED) is 0.791. The number of aromatic nitrogens is 1. The van der Waals surface area contributed by atoms with Crippen LogP contribution in [0, 0.1) is 0 Å². The van der Waals surface area contributed by atoms with Crippen LogP contribution in [0.4, 0.5) is 0 Å². The topological polar surface area (TPSA) is 71.6 Å². The molecule has 0 saturated heterocycles. The summed E-state index contributed by atoms with van der Waals surface area (Å²) >= 11 is 0. The number of aromatic amines is 1. The second-order valence-electron chi connectivity index (χ2n) is 3.72. The zero-order valence-electron chi connectivity index (χ0n) is 10.1. The maximum Gasteiger partial charge on any atom is 0.354 e. The molecule has 2 rings (SSSR count). The summed E-state index contributed by atoms with van der Waals surface area (Å²) in [5.41, 5.74) is 1.26. The smallest absolute Gasteiger partial charge is 0.354 e. The molecule has 0 saturated carbocycles. The molecule has 0 aliphatic carbocycles. The van der Waals surface area contributed by atoms with Gasteiger partial charge in [-0.25, -0.2) is 4.79 Å². The van der Waals surface area contributed by atoms with Crippen molar-refractivity contribution in [3.8, 4) is 5.75 Å². The summed E-state index contributed by atoms with van der Waals surface area (Å²) in [7, 11) is 0. The highest BCUT2D eigenvalue weighted by molar-refractivity contribution is 5.95. The van der Waals surface area contributed by atoms with Crippen molar-refractivity contribution < 1.29 is 19.4 Å². The van der Waals surface area contributed by atoms with Crippen LogP contribution in [-0.4, -0.2) is 35.9 Å². The Balaban J connectivity index is 2.25. The van der Waals surface area contributed by atoms with Crippen molar-refractivity contribution in [1.29, 1.82) is 0 Å². The third kappa shape index (κ3) is 2.62. The number of hydrogen-bond acceptors (Lipinski definition) is 4. The van der Waals surface area contributed by atoms with Gasteiger partial charge in [-0.15, -0.1) is 0 Å². The number of fused-ring (bicyclic) bond motifs is 1. The number of aliphatic hydroxyl groups is 1. The summed E-state index contributed by atoms with van der Waals surface area (Å²) in [5, 5.41) is 9.55. The lowest BCUT2D eigenvalue weighted by molar-refractivity contribution is 0.0520. The molecular formula is C13H15NO4.